The lowest BCUT2D eigenvalue weighted by atomic mass is 10.2. The van der Waals surface area contributed by atoms with Gasteiger partial charge in [0.2, 0.25) is 0 Å². The summed E-state index contributed by atoms with van der Waals surface area (Å²) in [6.07, 6.45) is 0. The average Bonchev–Trinajstić information content (AvgIpc) is 3.24. The molecule has 0 radical (unpaired) electrons. The highest BCUT2D eigenvalue weighted by molar-refractivity contribution is 7.98. The van der Waals surface area contributed by atoms with E-state index in [2.05, 4.69) is 10.2 Å². The highest BCUT2D eigenvalue weighted by Gasteiger charge is 2.19. The van der Waals surface area contributed by atoms with Crippen LogP contribution in [0.15, 0.2) is 71.9 Å². The molecule has 0 saturated carbocycles. The van der Waals surface area contributed by atoms with Gasteiger partial charge in [0, 0.05) is 28.6 Å². The number of methoxy groups -OCH3 is 2. The minimum atomic E-state index is -0.869. The monoisotopic (exact) mass is 439 g/mol. The van der Waals surface area contributed by atoms with Crippen molar-refractivity contribution in [2.24, 2.45) is 0 Å². The number of thioether (sulfide) groups is 1. The molecule has 5 nitrogen and oxygen atoms in total. The molecule has 0 spiro atoms. The molecule has 3 aromatic carbocycles. The topological polar surface area (TPSA) is 49.2 Å². The van der Waals surface area contributed by atoms with E-state index in [4.69, 9.17) is 9.47 Å². The molecule has 0 N–H and O–H groups in total. The van der Waals surface area contributed by atoms with E-state index in [0.29, 0.717) is 22.5 Å². The second kappa shape index (κ2) is 9.18. The van der Waals surface area contributed by atoms with Gasteiger partial charge in [-0.15, -0.1) is 10.2 Å². The van der Waals surface area contributed by atoms with Gasteiger partial charge in [-0.3, -0.25) is 4.57 Å². The first kappa shape index (κ1) is 20.9. The maximum atomic E-state index is 14.1. The summed E-state index contributed by atoms with van der Waals surface area (Å²) < 4.78 is 40.3. The van der Waals surface area contributed by atoms with Gasteiger partial charge in [0.1, 0.15) is 11.5 Å². The Morgan fingerprint density at radius 1 is 0.871 bits per heavy atom. The summed E-state index contributed by atoms with van der Waals surface area (Å²) in [6, 6.07) is 19.2. The fraction of sp³-hybridized carbons (Fsp3) is 0.130. The maximum absolute atomic E-state index is 14.1. The Balaban J connectivity index is 1.77. The number of nitrogens with zero attached hydrogens (tertiary/aromatic N) is 3. The number of para-hydroxylation sites is 1. The largest absolute Gasteiger partial charge is 0.497 e. The zero-order valence-corrected chi connectivity index (χ0v) is 17.7. The van der Waals surface area contributed by atoms with E-state index in [0.717, 1.165) is 17.3 Å². The third-order valence-electron chi connectivity index (χ3n) is 4.65. The molecule has 0 fully saturated rings. The fourth-order valence-electron chi connectivity index (χ4n) is 3.10. The highest BCUT2D eigenvalue weighted by Crippen LogP contribution is 2.34. The van der Waals surface area contributed by atoms with Crippen LogP contribution in [0.25, 0.3) is 17.1 Å². The van der Waals surface area contributed by atoms with Gasteiger partial charge in [-0.1, -0.05) is 42.1 Å². The summed E-state index contributed by atoms with van der Waals surface area (Å²) >= 11 is 1.27. The number of hydrogen-bond acceptors (Lipinski definition) is 5. The van der Waals surface area contributed by atoms with Crippen molar-refractivity contribution in [3.8, 4) is 28.6 Å². The van der Waals surface area contributed by atoms with Gasteiger partial charge in [-0.2, -0.15) is 0 Å². The third kappa shape index (κ3) is 4.39. The molecule has 158 valence electrons. The molecule has 0 saturated heterocycles. The standard InChI is InChI=1S/C23H19F2N3O2S/c1-29-18-11-16(12-19(13-18)30-2)22-26-27-23(28(22)17-8-4-3-5-9-17)31-14-15-7-6-10-20(24)21(15)25/h3-13H,14H2,1-2H3. The normalized spacial score (nSPS) is 10.8. The van der Waals surface area contributed by atoms with Crippen LogP contribution in [0.4, 0.5) is 8.78 Å². The SMILES string of the molecule is COc1cc(OC)cc(-c2nnc(SCc3cccc(F)c3F)n2-c2ccccc2)c1. The lowest BCUT2D eigenvalue weighted by Crippen LogP contribution is -2.01. The number of hydrogen-bond donors (Lipinski definition) is 0. The maximum Gasteiger partial charge on any atom is 0.196 e. The molecule has 1 heterocycles. The van der Waals surface area contributed by atoms with Crippen molar-refractivity contribution in [1.82, 2.24) is 14.8 Å². The van der Waals surface area contributed by atoms with Crippen LogP contribution in [0, 0.1) is 11.6 Å². The van der Waals surface area contributed by atoms with Gasteiger partial charge in [-0.25, -0.2) is 8.78 Å². The molecule has 0 aliphatic heterocycles. The van der Waals surface area contributed by atoms with Crippen LogP contribution in [0.2, 0.25) is 0 Å². The minimum Gasteiger partial charge on any atom is -0.497 e. The van der Waals surface area contributed by atoms with E-state index >= 15 is 0 Å². The number of aromatic nitrogens is 3. The molecule has 4 aromatic rings. The van der Waals surface area contributed by atoms with E-state index in [1.807, 2.05) is 47.0 Å². The van der Waals surface area contributed by atoms with Crippen LogP contribution in [-0.2, 0) is 5.75 Å². The van der Waals surface area contributed by atoms with Gasteiger partial charge in [0.25, 0.3) is 0 Å². The second-order valence-electron chi connectivity index (χ2n) is 6.58. The zero-order chi connectivity index (χ0) is 21.8. The molecule has 8 heteroatoms. The second-order valence-corrected chi connectivity index (χ2v) is 7.52. The molecule has 0 aliphatic rings. The minimum absolute atomic E-state index is 0.204. The van der Waals surface area contributed by atoms with Crippen molar-refractivity contribution in [3.63, 3.8) is 0 Å². The fourth-order valence-corrected chi connectivity index (χ4v) is 4.03. The van der Waals surface area contributed by atoms with Crippen molar-refractivity contribution < 1.29 is 18.3 Å². The summed E-state index contributed by atoms with van der Waals surface area (Å²) in [5.74, 6) is 0.299. The van der Waals surface area contributed by atoms with Crippen molar-refractivity contribution >= 4 is 11.8 Å². The highest BCUT2D eigenvalue weighted by atomic mass is 32.2. The molecular formula is C23H19F2N3O2S. The lowest BCUT2D eigenvalue weighted by Gasteiger charge is -2.12. The van der Waals surface area contributed by atoms with Crippen LogP contribution in [0.1, 0.15) is 5.56 Å². The zero-order valence-electron chi connectivity index (χ0n) is 16.9. The van der Waals surface area contributed by atoms with Crippen molar-refractivity contribution in [2.45, 2.75) is 10.9 Å². The van der Waals surface area contributed by atoms with Gasteiger partial charge >= 0.3 is 0 Å². The molecule has 0 aliphatic carbocycles. The van der Waals surface area contributed by atoms with Crippen molar-refractivity contribution in [1.29, 1.82) is 0 Å². The lowest BCUT2D eigenvalue weighted by molar-refractivity contribution is 0.394. The number of ether oxygens (including phenoxy) is 2. The average molecular weight is 439 g/mol. The van der Waals surface area contributed by atoms with E-state index in [1.165, 1.54) is 17.8 Å². The molecule has 31 heavy (non-hydrogen) atoms. The summed E-state index contributed by atoms with van der Waals surface area (Å²) in [5, 5.41) is 9.25. The first-order valence-electron chi connectivity index (χ1n) is 9.40. The number of rotatable bonds is 7. The van der Waals surface area contributed by atoms with E-state index in [1.54, 1.807) is 26.4 Å². The van der Waals surface area contributed by atoms with E-state index < -0.39 is 11.6 Å². The summed E-state index contributed by atoms with van der Waals surface area (Å²) in [6.45, 7) is 0. The first-order chi connectivity index (χ1) is 15.1. The molecule has 0 amide bonds. The van der Waals surface area contributed by atoms with Gasteiger partial charge in [0.05, 0.1) is 14.2 Å². The molecule has 0 atom stereocenters. The summed E-state index contributed by atoms with van der Waals surface area (Å²) in [7, 11) is 3.16. The smallest absolute Gasteiger partial charge is 0.196 e. The molecule has 0 unspecified atom stereocenters. The van der Waals surface area contributed by atoms with Gasteiger partial charge < -0.3 is 9.47 Å². The van der Waals surface area contributed by atoms with Crippen LogP contribution < -0.4 is 9.47 Å². The van der Waals surface area contributed by atoms with Crippen LogP contribution >= 0.6 is 11.8 Å². The summed E-state index contributed by atoms with van der Waals surface area (Å²) in [5.41, 5.74) is 1.85. The predicted octanol–water partition coefficient (Wildman–Crippen LogP) is 5.52. The van der Waals surface area contributed by atoms with Gasteiger partial charge in [-0.05, 0) is 30.3 Å². The Morgan fingerprint density at radius 3 is 2.26 bits per heavy atom. The Bertz CT molecular complexity index is 1180. The first-order valence-corrected chi connectivity index (χ1v) is 10.4. The van der Waals surface area contributed by atoms with Crippen molar-refractivity contribution in [3.05, 3.63) is 83.9 Å². The number of halogens is 2. The van der Waals surface area contributed by atoms with Gasteiger partial charge in [0.15, 0.2) is 22.6 Å². The Kier molecular flexibility index (Phi) is 6.18. The Labute approximate surface area is 182 Å². The molecule has 0 bridgehead atoms. The van der Waals surface area contributed by atoms with E-state index in [-0.39, 0.29) is 11.3 Å². The van der Waals surface area contributed by atoms with Crippen molar-refractivity contribution in [2.75, 3.05) is 14.2 Å². The van der Waals surface area contributed by atoms with Crippen LogP contribution in [0.3, 0.4) is 0 Å². The third-order valence-corrected chi connectivity index (χ3v) is 5.62. The predicted molar refractivity (Wildman–Crippen MR) is 116 cm³/mol. The molecule has 4 rings (SSSR count). The van der Waals surface area contributed by atoms with E-state index in [9.17, 15) is 8.78 Å². The quantitative estimate of drug-likeness (QED) is 0.355. The molecule has 1 aromatic heterocycles. The Hall–Kier alpha value is -3.39. The van der Waals surface area contributed by atoms with Crippen LogP contribution in [-0.4, -0.2) is 29.0 Å². The Morgan fingerprint density at radius 2 is 1.58 bits per heavy atom. The molecular weight excluding hydrogens is 420 g/mol. The number of benzene rings is 3. The summed E-state index contributed by atoms with van der Waals surface area (Å²) in [4.78, 5) is 0. The van der Waals surface area contributed by atoms with Crippen LogP contribution in [0.5, 0.6) is 11.5 Å².